The monoisotopic (exact) mass is 308 g/mol. The Balaban J connectivity index is 1.82. The number of nitrogens with one attached hydrogen (secondary N) is 1. The minimum Gasteiger partial charge on any atom is -0.397 e. The van der Waals surface area contributed by atoms with Crippen molar-refractivity contribution in [2.45, 2.75) is 26.2 Å². The molecule has 0 spiro atoms. The van der Waals surface area contributed by atoms with Gasteiger partial charge in [0.2, 0.25) is 0 Å². The van der Waals surface area contributed by atoms with Crippen LogP contribution in [0.2, 0.25) is 5.02 Å². The maximum absolute atomic E-state index is 12.3. The van der Waals surface area contributed by atoms with Crippen LogP contribution in [-0.4, -0.2) is 12.5 Å². The minimum absolute atomic E-state index is 0.0699. The van der Waals surface area contributed by atoms with Gasteiger partial charge in [-0.3, -0.25) is 4.79 Å². The van der Waals surface area contributed by atoms with Gasteiger partial charge in [-0.1, -0.05) is 18.5 Å². The van der Waals surface area contributed by atoms with E-state index in [-0.39, 0.29) is 5.91 Å². The average Bonchev–Trinajstić information content (AvgIpc) is 3.15. The number of amides is 1. The summed E-state index contributed by atoms with van der Waals surface area (Å²) in [6.07, 6.45) is 3.54. The van der Waals surface area contributed by atoms with E-state index in [4.69, 9.17) is 17.3 Å². The van der Waals surface area contributed by atoms with Crippen molar-refractivity contribution in [1.82, 2.24) is 5.32 Å². The summed E-state index contributed by atoms with van der Waals surface area (Å²) >= 11 is 7.38. The fourth-order valence-corrected chi connectivity index (χ4v) is 3.75. The molecule has 1 fully saturated rings. The van der Waals surface area contributed by atoms with Gasteiger partial charge in [0.05, 0.1) is 5.69 Å². The van der Waals surface area contributed by atoms with Crippen LogP contribution in [0, 0.1) is 5.41 Å². The third-order valence-electron chi connectivity index (χ3n) is 4.23. The first-order valence-corrected chi connectivity index (χ1v) is 8.00. The van der Waals surface area contributed by atoms with Crippen molar-refractivity contribution in [3.63, 3.8) is 0 Å². The molecule has 1 aliphatic carbocycles. The molecule has 3 N–H and O–H groups in total. The number of nitrogens with two attached hydrogens (primary N) is 1. The van der Waals surface area contributed by atoms with E-state index in [1.54, 1.807) is 6.07 Å². The van der Waals surface area contributed by atoms with E-state index < -0.39 is 0 Å². The van der Waals surface area contributed by atoms with Gasteiger partial charge in [0, 0.05) is 21.7 Å². The van der Waals surface area contributed by atoms with Crippen LogP contribution in [0.4, 0.5) is 5.69 Å². The summed E-state index contributed by atoms with van der Waals surface area (Å²) < 4.78 is 0.955. The number of hydrogen-bond donors (Lipinski definition) is 2. The number of carbonyl (C=O) groups excluding carboxylic acids is 1. The summed E-state index contributed by atoms with van der Waals surface area (Å²) in [5.74, 6) is -0.0699. The molecule has 1 aromatic carbocycles. The molecule has 1 heterocycles. The lowest BCUT2D eigenvalue weighted by molar-refractivity contribution is 0.0949. The van der Waals surface area contributed by atoms with Gasteiger partial charge >= 0.3 is 0 Å². The fourth-order valence-electron chi connectivity index (χ4n) is 2.44. The zero-order valence-electron chi connectivity index (χ0n) is 11.3. The number of hydrogen-bond acceptors (Lipinski definition) is 3. The Labute approximate surface area is 127 Å². The molecular weight excluding hydrogens is 292 g/mol. The van der Waals surface area contributed by atoms with E-state index in [1.165, 1.54) is 24.2 Å². The Bertz CT molecular complexity index is 676. The van der Waals surface area contributed by atoms with E-state index in [2.05, 4.69) is 12.2 Å². The lowest BCUT2D eigenvalue weighted by Crippen LogP contribution is -2.29. The van der Waals surface area contributed by atoms with Crippen LogP contribution < -0.4 is 11.1 Å². The second-order valence-corrected chi connectivity index (χ2v) is 7.01. The van der Waals surface area contributed by atoms with Crippen LogP contribution >= 0.6 is 22.9 Å². The van der Waals surface area contributed by atoms with Crippen molar-refractivity contribution in [2.75, 3.05) is 12.3 Å². The Morgan fingerprint density at radius 2 is 2.25 bits per heavy atom. The summed E-state index contributed by atoms with van der Waals surface area (Å²) in [6.45, 7) is 2.92. The van der Waals surface area contributed by atoms with Crippen molar-refractivity contribution < 1.29 is 4.79 Å². The fraction of sp³-hybridized carbons (Fsp3) is 0.400. The SMILES string of the molecule is CCC1(CNC(=O)c2sc3cc(Cl)ccc3c2N)CC1. The first-order valence-electron chi connectivity index (χ1n) is 6.80. The molecule has 20 heavy (non-hydrogen) atoms. The Morgan fingerprint density at radius 1 is 1.50 bits per heavy atom. The van der Waals surface area contributed by atoms with Crippen molar-refractivity contribution in [1.29, 1.82) is 0 Å². The number of halogens is 1. The highest BCUT2D eigenvalue weighted by Crippen LogP contribution is 2.48. The number of anilines is 1. The van der Waals surface area contributed by atoms with Gasteiger partial charge in [0.1, 0.15) is 4.88 Å². The highest BCUT2D eigenvalue weighted by Gasteiger charge is 2.40. The normalized spacial score (nSPS) is 16.3. The van der Waals surface area contributed by atoms with Gasteiger partial charge in [-0.15, -0.1) is 11.3 Å². The molecule has 2 aromatic rings. The second-order valence-electron chi connectivity index (χ2n) is 5.52. The highest BCUT2D eigenvalue weighted by atomic mass is 35.5. The quantitative estimate of drug-likeness (QED) is 0.895. The molecule has 3 nitrogen and oxygen atoms in total. The van der Waals surface area contributed by atoms with E-state index in [1.807, 2.05) is 12.1 Å². The highest BCUT2D eigenvalue weighted by molar-refractivity contribution is 7.21. The number of benzene rings is 1. The maximum Gasteiger partial charge on any atom is 0.263 e. The van der Waals surface area contributed by atoms with Gasteiger partial charge in [0.15, 0.2) is 0 Å². The third-order valence-corrected chi connectivity index (χ3v) is 5.63. The third kappa shape index (κ3) is 2.38. The lowest BCUT2D eigenvalue weighted by atomic mass is 10.0. The van der Waals surface area contributed by atoms with Gasteiger partial charge < -0.3 is 11.1 Å². The standard InChI is InChI=1S/C15H17ClN2OS/c1-2-15(5-6-15)8-18-14(19)13-12(17)10-4-3-9(16)7-11(10)20-13/h3-4,7H,2,5-6,8,17H2,1H3,(H,18,19). The van der Waals surface area contributed by atoms with E-state index >= 15 is 0 Å². The number of thiophene rings is 1. The van der Waals surface area contributed by atoms with Crippen LogP contribution in [0.5, 0.6) is 0 Å². The molecule has 1 aliphatic rings. The van der Waals surface area contributed by atoms with Crippen molar-refractivity contribution in [3.05, 3.63) is 28.1 Å². The lowest BCUT2D eigenvalue weighted by Gasteiger charge is -2.12. The second kappa shape index (κ2) is 4.93. The molecule has 0 unspecified atom stereocenters. The summed E-state index contributed by atoms with van der Waals surface area (Å²) in [6, 6.07) is 5.52. The number of fused-ring (bicyclic) bond motifs is 1. The molecule has 0 bridgehead atoms. The largest absolute Gasteiger partial charge is 0.397 e. The van der Waals surface area contributed by atoms with Crippen LogP contribution in [0.15, 0.2) is 18.2 Å². The first-order chi connectivity index (χ1) is 9.54. The molecule has 0 radical (unpaired) electrons. The zero-order chi connectivity index (χ0) is 14.3. The molecule has 0 aliphatic heterocycles. The average molecular weight is 309 g/mol. The molecule has 1 amide bonds. The predicted octanol–water partition coefficient (Wildman–Crippen LogP) is 4.06. The van der Waals surface area contributed by atoms with Gasteiger partial charge in [-0.2, -0.15) is 0 Å². The Hall–Kier alpha value is -1.26. The zero-order valence-corrected chi connectivity index (χ0v) is 12.9. The summed E-state index contributed by atoms with van der Waals surface area (Å²) in [5, 5.41) is 4.59. The van der Waals surface area contributed by atoms with Crippen LogP contribution in [-0.2, 0) is 0 Å². The smallest absolute Gasteiger partial charge is 0.263 e. The van der Waals surface area contributed by atoms with E-state index in [0.29, 0.717) is 21.0 Å². The first kappa shape index (κ1) is 13.7. The van der Waals surface area contributed by atoms with E-state index in [9.17, 15) is 4.79 Å². The summed E-state index contributed by atoms with van der Waals surface area (Å²) in [7, 11) is 0. The number of rotatable bonds is 4. The minimum atomic E-state index is -0.0699. The summed E-state index contributed by atoms with van der Waals surface area (Å²) in [4.78, 5) is 12.9. The van der Waals surface area contributed by atoms with Gasteiger partial charge in [0.25, 0.3) is 5.91 Å². The predicted molar refractivity (Wildman–Crippen MR) is 85.5 cm³/mol. The Kier molecular flexibility index (Phi) is 3.38. The van der Waals surface area contributed by atoms with Crippen LogP contribution in [0.25, 0.3) is 10.1 Å². The summed E-state index contributed by atoms with van der Waals surface area (Å²) in [5.41, 5.74) is 6.98. The molecule has 0 saturated heterocycles. The van der Waals surface area contributed by atoms with Gasteiger partial charge in [-0.25, -0.2) is 0 Å². The van der Waals surface area contributed by atoms with Crippen molar-refractivity contribution >= 4 is 44.6 Å². The van der Waals surface area contributed by atoms with Crippen LogP contribution in [0.3, 0.4) is 0 Å². The van der Waals surface area contributed by atoms with E-state index in [0.717, 1.165) is 23.1 Å². The molecule has 3 rings (SSSR count). The molecule has 1 aromatic heterocycles. The number of carbonyl (C=O) groups is 1. The maximum atomic E-state index is 12.3. The van der Waals surface area contributed by atoms with Crippen LogP contribution in [0.1, 0.15) is 35.9 Å². The topological polar surface area (TPSA) is 55.1 Å². The molecule has 5 heteroatoms. The molecule has 0 atom stereocenters. The number of nitrogen functional groups attached to an aromatic ring is 1. The molecule has 106 valence electrons. The van der Waals surface area contributed by atoms with Gasteiger partial charge in [-0.05, 0) is 42.9 Å². The van der Waals surface area contributed by atoms with Crippen molar-refractivity contribution in [2.24, 2.45) is 5.41 Å². The molecule has 1 saturated carbocycles. The molecular formula is C15H17ClN2OS. The van der Waals surface area contributed by atoms with Crippen molar-refractivity contribution in [3.8, 4) is 0 Å². The Morgan fingerprint density at radius 3 is 2.90 bits per heavy atom.